The Morgan fingerprint density at radius 1 is 1.25 bits per heavy atom. The van der Waals surface area contributed by atoms with Crippen molar-refractivity contribution in [3.05, 3.63) is 0 Å². The van der Waals surface area contributed by atoms with Gasteiger partial charge in [-0.1, -0.05) is 0 Å². The summed E-state index contributed by atoms with van der Waals surface area (Å²) < 4.78 is 29.3. The maximum atomic E-state index is 10.8. The summed E-state index contributed by atoms with van der Waals surface area (Å²) in [6, 6.07) is 0. The monoisotopic (exact) mass is 250 g/mol. The quantitative estimate of drug-likeness (QED) is 0.621. The number of nitrogens with one attached hydrogen (secondary N) is 2. The second-order valence-corrected chi connectivity index (χ2v) is 6.11. The van der Waals surface area contributed by atoms with E-state index in [1.807, 2.05) is 0 Å². The summed E-state index contributed by atoms with van der Waals surface area (Å²) in [5.41, 5.74) is 0. The van der Waals surface area contributed by atoms with Crippen molar-refractivity contribution < 1.29 is 13.2 Å². The van der Waals surface area contributed by atoms with Crippen LogP contribution in [0, 0.1) is 5.92 Å². The van der Waals surface area contributed by atoms with Crippen LogP contribution in [0.5, 0.6) is 0 Å². The van der Waals surface area contributed by atoms with Crippen LogP contribution in [0.4, 0.5) is 0 Å². The van der Waals surface area contributed by atoms with E-state index in [4.69, 9.17) is 4.74 Å². The van der Waals surface area contributed by atoms with Gasteiger partial charge in [0.05, 0.1) is 6.26 Å². The Bertz CT molecular complexity index is 274. The van der Waals surface area contributed by atoms with Crippen LogP contribution in [0.1, 0.15) is 19.3 Å². The molecule has 5 nitrogen and oxygen atoms in total. The average Bonchev–Trinajstić information content (AvgIpc) is 2.23. The van der Waals surface area contributed by atoms with Gasteiger partial charge in [-0.05, 0) is 38.3 Å². The molecule has 0 radical (unpaired) electrons. The van der Waals surface area contributed by atoms with Crippen LogP contribution < -0.4 is 10.0 Å². The number of hydrogen-bond donors (Lipinski definition) is 2. The van der Waals surface area contributed by atoms with Crippen molar-refractivity contribution in [3.8, 4) is 0 Å². The molecule has 1 aliphatic heterocycles. The summed E-state index contributed by atoms with van der Waals surface area (Å²) in [5.74, 6) is 0.719. The van der Waals surface area contributed by atoms with E-state index in [0.29, 0.717) is 6.54 Å². The third kappa shape index (κ3) is 7.16. The van der Waals surface area contributed by atoms with Gasteiger partial charge in [-0.2, -0.15) is 0 Å². The van der Waals surface area contributed by atoms with Crippen LogP contribution in [0.15, 0.2) is 0 Å². The minimum absolute atomic E-state index is 0.514. The lowest BCUT2D eigenvalue weighted by Crippen LogP contribution is -2.30. The van der Waals surface area contributed by atoms with Gasteiger partial charge in [-0.25, -0.2) is 13.1 Å². The van der Waals surface area contributed by atoms with E-state index in [2.05, 4.69) is 10.0 Å². The zero-order valence-electron chi connectivity index (χ0n) is 9.87. The van der Waals surface area contributed by atoms with Crippen LogP contribution >= 0.6 is 0 Å². The number of hydrogen-bond acceptors (Lipinski definition) is 4. The van der Waals surface area contributed by atoms with Crippen LogP contribution in [0.2, 0.25) is 0 Å². The molecule has 1 aliphatic rings. The normalized spacial score (nSPS) is 18.8. The molecule has 0 unspecified atom stereocenters. The first kappa shape index (κ1) is 13.9. The summed E-state index contributed by atoms with van der Waals surface area (Å²) in [6.45, 7) is 4.14. The number of rotatable bonds is 7. The Labute approximate surface area is 98.0 Å². The highest BCUT2D eigenvalue weighted by molar-refractivity contribution is 7.88. The van der Waals surface area contributed by atoms with Crippen molar-refractivity contribution in [3.63, 3.8) is 0 Å². The standard InChI is InChI=1S/C10H22N2O3S/c1-16(13,14)12-6-2-5-11-9-10-3-7-15-8-4-10/h10-12H,2-9H2,1H3. The SMILES string of the molecule is CS(=O)(=O)NCCCNCC1CCOCC1. The largest absolute Gasteiger partial charge is 0.381 e. The zero-order chi connectivity index (χ0) is 11.9. The second kappa shape index (κ2) is 7.21. The van der Waals surface area contributed by atoms with Crippen molar-refractivity contribution in [2.45, 2.75) is 19.3 Å². The minimum atomic E-state index is -3.03. The summed E-state index contributed by atoms with van der Waals surface area (Å²) in [4.78, 5) is 0. The molecule has 1 heterocycles. The van der Waals surface area contributed by atoms with Crippen LogP contribution in [0.25, 0.3) is 0 Å². The van der Waals surface area contributed by atoms with Gasteiger partial charge in [0.1, 0.15) is 0 Å². The average molecular weight is 250 g/mol. The molecule has 0 amide bonds. The molecule has 6 heteroatoms. The molecule has 0 atom stereocenters. The molecule has 2 N–H and O–H groups in total. The lowest BCUT2D eigenvalue weighted by molar-refractivity contribution is 0.0663. The van der Waals surface area contributed by atoms with E-state index in [9.17, 15) is 8.42 Å². The first-order chi connectivity index (χ1) is 7.58. The van der Waals surface area contributed by atoms with Gasteiger partial charge >= 0.3 is 0 Å². The smallest absolute Gasteiger partial charge is 0.208 e. The molecular weight excluding hydrogens is 228 g/mol. The highest BCUT2D eigenvalue weighted by Crippen LogP contribution is 2.12. The van der Waals surface area contributed by atoms with Crippen LogP contribution in [-0.4, -0.2) is 47.5 Å². The van der Waals surface area contributed by atoms with Gasteiger partial charge in [0, 0.05) is 19.8 Å². The van der Waals surface area contributed by atoms with Crippen molar-refractivity contribution in [2.75, 3.05) is 39.1 Å². The molecule has 1 rings (SSSR count). The van der Waals surface area contributed by atoms with Gasteiger partial charge in [0.2, 0.25) is 10.0 Å². The van der Waals surface area contributed by atoms with Gasteiger partial charge in [-0.15, -0.1) is 0 Å². The van der Waals surface area contributed by atoms with Crippen molar-refractivity contribution >= 4 is 10.0 Å². The summed E-state index contributed by atoms with van der Waals surface area (Å²) >= 11 is 0. The first-order valence-corrected chi connectivity index (χ1v) is 7.70. The third-order valence-electron chi connectivity index (χ3n) is 2.67. The first-order valence-electron chi connectivity index (χ1n) is 5.81. The maximum absolute atomic E-state index is 10.8. The zero-order valence-corrected chi connectivity index (χ0v) is 10.7. The second-order valence-electron chi connectivity index (χ2n) is 4.28. The summed E-state index contributed by atoms with van der Waals surface area (Å²) in [5, 5.41) is 3.35. The molecule has 0 spiro atoms. The Morgan fingerprint density at radius 2 is 1.94 bits per heavy atom. The van der Waals surface area contributed by atoms with Gasteiger partial charge < -0.3 is 10.1 Å². The lowest BCUT2D eigenvalue weighted by atomic mass is 10.0. The lowest BCUT2D eigenvalue weighted by Gasteiger charge is -2.22. The van der Waals surface area contributed by atoms with Gasteiger partial charge in [0.25, 0.3) is 0 Å². The molecule has 0 saturated carbocycles. The number of ether oxygens (including phenoxy) is 1. The van der Waals surface area contributed by atoms with Gasteiger partial charge in [-0.3, -0.25) is 0 Å². The summed E-state index contributed by atoms with van der Waals surface area (Å²) in [6.07, 6.45) is 4.28. The van der Waals surface area contributed by atoms with Crippen molar-refractivity contribution in [1.29, 1.82) is 0 Å². The number of sulfonamides is 1. The molecule has 0 bridgehead atoms. The molecule has 0 aromatic heterocycles. The third-order valence-corrected chi connectivity index (χ3v) is 3.40. The minimum Gasteiger partial charge on any atom is -0.381 e. The van der Waals surface area contributed by atoms with E-state index in [1.165, 1.54) is 6.26 Å². The Hall–Kier alpha value is -0.170. The Morgan fingerprint density at radius 3 is 2.56 bits per heavy atom. The molecule has 1 fully saturated rings. The fourth-order valence-electron chi connectivity index (χ4n) is 1.73. The molecular formula is C10H22N2O3S. The molecule has 96 valence electrons. The highest BCUT2D eigenvalue weighted by Gasteiger charge is 2.12. The molecule has 0 aromatic rings. The Kier molecular flexibility index (Phi) is 6.26. The molecule has 0 aromatic carbocycles. The van der Waals surface area contributed by atoms with E-state index < -0.39 is 10.0 Å². The summed E-state index contributed by atoms with van der Waals surface area (Å²) in [7, 11) is -3.03. The van der Waals surface area contributed by atoms with E-state index in [0.717, 1.165) is 51.5 Å². The molecule has 16 heavy (non-hydrogen) atoms. The van der Waals surface area contributed by atoms with E-state index in [-0.39, 0.29) is 0 Å². The van der Waals surface area contributed by atoms with Gasteiger partial charge in [0.15, 0.2) is 0 Å². The fraction of sp³-hybridized carbons (Fsp3) is 1.00. The van der Waals surface area contributed by atoms with Crippen LogP contribution in [0.3, 0.4) is 0 Å². The van der Waals surface area contributed by atoms with E-state index >= 15 is 0 Å². The molecule has 1 saturated heterocycles. The predicted molar refractivity (Wildman–Crippen MR) is 63.9 cm³/mol. The predicted octanol–water partition coefficient (Wildman–Crippen LogP) is -0.0581. The van der Waals surface area contributed by atoms with Crippen molar-refractivity contribution in [2.24, 2.45) is 5.92 Å². The maximum Gasteiger partial charge on any atom is 0.208 e. The van der Waals surface area contributed by atoms with Crippen molar-refractivity contribution in [1.82, 2.24) is 10.0 Å². The Balaban J connectivity index is 1.91. The topological polar surface area (TPSA) is 67.4 Å². The van der Waals surface area contributed by atoms with E-state index in [1.54, 1.807) is 0 Å². The fourth-order valence-corrected chi connectivity index (χ4v) is 2.24. The highest BCUT2D eigenvalue weighted by atomic mass is 32.2. The van der Waals surface area contributed by atoms with Crippen LogP contribution in [-0.2, 0) is 14.8 Å². The molecule has 0 aliphatic carbocycles.